The highest BCUT2D eigenvalue weighted by Gasteiger charge is 2.10. The van der Waals surface area contributed by atoms with Crippen LogP contribution in [0.15, 0.2) is 53.1 Å². The second kappa shape index (κ2) is 4.55. The van der Waals surface area contributed by atoms with Crippen LogP contribution in [0.3, 0.4) is 0 Å². The van der Waals surface area contributed by atoms with E-state index in [1.807, 2.05) is 42.5 Å². The maximum absolute atomic E-state index is 10.0. The third-order valence-electron chi connectivity index (χ3n) is 2.15. The maximum Gasteiger partial charge on any atom is 0.121 e. The predicted molar refractivity (Wildman–Crippen MR) is 62.4 cm³/mol. The van der Waals surface area contributed by atoms with Crippen LogP contribution in [0.4, 0.5) is 0 Å². The molecule has 0 saturated carbocycles. The van der Waals surface area contributed by atoms with E-state index >= 15 is 0 Å². The lowest BCUT2D eigenvalue weighted by Gasteiger charge is -2.09. The van der Waals surface area contributed by atoms with E-state index in [1.165, 1.54) is 0 Å². The molecule has 0 spiro atoms. The molecular formula is C12H10BrNO. The molecule has 2 nitrogen and oxygen atoms in total. The molecule has 1 heterocycles. The molecule has 1 aromatic heterocycles. The van der Waals surface area contributed by atoms with Gasteiger partial charge in [-0.05, 0) is 29.8 Å². The van der Waals surface area contributed by atoms with Crippen LogP contribution in [0.5, 0.6) is 0 Å². The summed E-state index contributed by atoms with van der Waals surface area (Å²) >= 11 is 3.35. The first-order chi connectivity index (χ1) is 7.27. The van der Waals surface area contributed by atoms with Crippen LogP contribution in [0.2, 0.25) is 0 Å². The number of aliphatic hydroxyl groups is 1. The highest BCUT2D eigenvalue weighted by atomic mass is 79.9. The molecule has 0 amide bonds. The highest BCUT2D eigenvalue weighted by molar-refractivity contribution is 9.10. The minimum Gasteiger partial charge on any atom is -0.382 e. The minimum absolute atomic E-state index is 0.653. The molecule has 0 saturated heterocycles. The molecule has 1 atom stereocenters. The Bertz CT molecular complexity index is 427. The molecule has 0 radical (unpaired) electrons. The van der Waals surface area contributed by atoms with Crippen molar-refractivity contribution in [2.45, 2.75) is 6.10 Å². The summed E-state index contributed by atoms with van der Waals surface area (Å²) in [6.45, 7) is 0. The van der Waals surface area contributed by atoms with Gasteiger partial charge in [0.15, 0.2) is 0 Å². The number of rotatable bonds is 2. The van der Waals surface area contributed by atoms with Crippen molar-refractivity contribution in [2.24, 2.45) is 0 Å². The lowest BCUT2D eigenvalue weighted by Crippen LogP contribution is -2.01. The average Bonchev–Trinajstić information content (AvgIpc) is 2.30. The van der Waals surface area contributed by atoms with Gasteiger partial charge in [-0.3, -0.25) is 4.98 Å². The summed E-state index contributed by atoms with van der Waals surface area (Å²) in [4.78, 5) is 4.12. The van der Waals surface area contributed by atoms with Crippen molar-refractivity contribution >= 4 is 15.9 Å². The van der Waals surface area contributed by atoms with Crippen LogP contribution >= 0.6 is 15.9 Å². The van der Waals surface area contributed by atoms with Crippen molar-refractivity contribution in [2.75, 3.05) is 0 Å². The Kier molecular flexibility index (Phi) is 3.14. The fourth-order valence-corrected chi connectivity index (χ4v) is 1.62. The van der Waals surface area contributed by atoms with E-state index in [4.69, 9.17) is 0 Å². The Morgan fingerprint density at radius 3 is 2.40 bits per heavy atom. The fraction of sp³-hybridized carbons (Fsp3) is 0.0833. The molecule has 0 bridgehead atoms. The van der Waals surface area contributed by atoms with Gasteiger partial charge in [-0.15, -0.1) is 0 Å². The Morgan fingerprint density at radius 2 is 1.80 bits per heavy atom. The molecule has 3 heteroatoms. The van der Waals surface area contributed by atoms with Gasteiger partial charge in [0, 0.05) is 10.7 Å². The molecule has 1 unspecified atom stereocenters. The standard InChI is InChI=1S/C12H10BrNO/c13-10-6-4-9(5-7-10)12(15)11-3-1-2-8-14-11/h1-8,12,15H. The van der Waals surface area contributed by atoms with Crippen molar-refractivity contribution in [3.05, 3.63) is 64.4 Å². The molecule has 0 fully saturated rings. The van der Waals surface area contributed by atoms with Crippen LogP contribution < -0.4 is 0 Å². The number of nitrogens with zero attached hydrogens (tertiary/aromatic N) is 1. The summed E-state index contributed by atoms with van der Waals surface area (Å²) in [6.07, 6.45) is 1.02. The lowest BCUT2D eigenvalue weighted by atomic mass is 10.1. The number of pyridine rings is 1. The topological polar surface area (TPSA) is 33.1 Å². The first-order valence-electron chi connectivity index (χ1n) is 4.62. The van der Waals surface area contributed by atoms with Gasteiger partial charge in [0.1, 0.15) is 6.10 Å². The summed E-state index contributed by atoms with van der Waals surface area (Å²) in [5.74, 6) is 0. The van der Waals surface area contributed by atoms with E-state index in [2.05, 4.69) is 20.9 Å². The van der Waals surface area contributed by atoms with Gasteiger partial charge in [0.25, 0.3) is 0 Å². The monoisotopic (exact) mass is 263 g/mol. The Labute approximate surface area is 96.7 Å². The average molecular weight is 264 g/mol. The molecule has 2 aromatic rings. The highest BCUT2D eigenvalue weighted by Crippen LogP contribution is 2.21. The lowest BCUT2D eigenvalue weighted by molar-refractivity contribution is 0.215. The largest absolute Gasteiger partial charge is 0.382 e. The SMILES string of the molecule is OC(c1ccc(Br)cc1)c1ccccn1. The van der Waals surface area contributed by atoms with E-state index in [0.29, 0.717) is 5.69 Å². The number of hydrogen-bond donors (Lipinski definition) is 1. The molecule has 0 aliphatic rings. The number of halogens is 1. The van der Waals surface area contributed by atoms with Crippen molar-refractivity contribution in [3.63, 3.8) is 0 Å². The molecule has 2 rings (SSSR count). The van der Waals surface area contributed by atoms with E-state index < -0.39 is 6.10 Å². The normalized spacial score (nSPS) is 12.4. The third kappa shape index (κ3) is 2.43. The summed E-state index contributed by atoms with van der Waals surface area (Å²) in [7, 11) is 0. The summed E-state index contributed by atoms with van der Waals surface area (Å²) in [5, 5.41) is 10.0. The van der Waals surface area contributed by atoms with Gasteiger partial charge in [-0.25, -0.2) is 0 Å². The zero-order valence-corrected chi connectivity index (χ0v) is 9.55. The maximum atomic E-state index is 10.0. The second-order valence-electron chi connectivity index (χ2n) is 3.21. The van der Waals surface area contributed by atoms with Crippen LogP contribution in [-0.4, -0.2) is 10.1 Å². The van der Waals surface area contributed by atoms with E-state index in [1.54, 1.807) is 6.20 Å². The van der Waals surface area contributed by atoms with Crippen LogP contribution in [0.1, 0.15) is 17.4 Å². The molecule has 1 N–H and O–H groups in total. The van der Waals surface area contributed by atoms with Crippen molar-refractivity contribution in [1.29, 1.82) is 0 Å². The first-order valence-corrected chi connectivity index (χ1v) is 5.41. The molecule has 0 aliphatic heterocycles. The smallest absolute Gasteiger partial charge is 0.121 e. The number of aliphatic hydroxyl groups excluding tert-OH is 1. The molecule has 0 aliphatic carbocycles. The van der Waals surface area contributed by atoms with Crippen molar-refractivity contribution < 1.29 is 5.11 Å². The summed E-state index contributed by atoms with van der Waals surface area (Å²) in [5.41, 5.74) is 1.51. The van der Waals surface area contributed by atoms with Crippen molar-refractivity contribution in [1.82, 2.24) is 4.98 Å². The number of hydrogen-bond acceptors (Lipinski definition) is 2. The van der Waals surface area contributed by atoms with Gasteiger partial charge >= 0.3 is 0 Å². The third-order valence-corrected chi connectivity index (χ3v) is 2.68. The Morgan fingerprint density at radius 1 is 1.07 bits per heavy atom. The zero-order chi connectivity index (χ0) is 10.7. The predicted octanol–water partition coefficient (Wildman–Crippen LogP) is 2.93. The summed E-state index contributed by atoms with van der Waals surface area (Å²) in [6, 6.07) is 13.1. The summed E-state index contributed by atoms with van der Waals surface area (Å²) < 4.78 is 1.000. The van der Waals surface area contributed by atoms with Gasteiger partial charge in [-0.2, -0.15) is 0 Å². The number of aromatic nitrogens is 1. The second-order valence-corrected chi connectivity index (χ2v) is 4.12. The molecular weight excluding hydrogens is 254 g/mol. The quantitative estimate of drug-likeness (QED) is 0.904. The van der Waals surface area contributed by atoms with Gasteiger partial charge < -0.3 is 5.11 Å². The van der Waals surface area contributed by atoms with E-state index in [-0.39, 0.29) is 0 Å². The van der Waals surface area contributed by atoms with Gasteiger partial charge in [0.2, 0.25) is 0 Å². The Balaban J connectivity index is 2.29. The molecule has 76 valence electrons. The van der Waals surface area contributed by atoms with Crippen LogP contribution in [-0.2, 0) is 0 Å². The minimum atomic E-state index is -0.653. The van der Waals surface area contributed by atoms with E-state index in [9.17, 15) is 5.11 Å². The van der Waals surface area contributed by atoms with Gasteiger partial charge in [-0.1, -0.05) is 34.1 Å². The first kappa shape index (κ1) is 10.3. The number of benzene rings is 1. The molecule has 15 heavy (non-hydrogen) atoms. The zero-order valence-electron chi connectivity index (χ0n) is 7.97. The Hall–Kier alpha value is -1.19. The van der Waals surface area contributed by atoms with E-state index in [0.717, 1.165) is 10.0 Å². The van der Waals surface area contributed by atoms with Gasteiger partial charge in [0.05, 0.1) is 5.69 Å². The molecule has 1 aromatic carbocycles. The van der Waals surface area contributed by atoms with Crippen LogP contribution in [0.25, 0.3) is 0 Å². The van der Waals surface area contributed by atoms with Crippen LogP contribution in [0, 0.1) is 0 Å². The fourth-order valence-electron chi connectivity index (χ4n) is 1.35. The van der Waals surface area contributed by atoms with Crippen molar-refractivity contribution in [3.8, 4) is 0 Å².